The van der Waals surface area contributed by atoms with Crippen LogP contribution in [0.15, 0.2) is 59.6 Å². The first-order valence-electron chi connectivity index (χ1n) is 8.63. The van der Waals surface area contributed by atoms with Gasteiger partial charge in [-0.25, -0.2) is 13.4 Å². The number of fused-ring (bicyclic) bond motifs is 1. The van der Waals surface area contributed by atoms with Crippen LogP contribution in [0.4, 0.5) is 17.2 Å². The average Bonchev–Trinajstić information content (AvgIpc) is 3.10. The molecule has 28 heavy (non-hydrogen) atoms. The standard InChI is InChI=1S/C20H19N3O4S/c1-13-3-7-19(14(2)9-13)28(24,25)23-16-5-8-20(21-11-16)22-15-4-6-17-18(10-15)27-12-26-17/h3-11,23H,12H2,1-2H3,(H,21,22). The van der Waals surface area contributed by atoms with Crippen molar-refractivity contribution in [1.29, 1.82) is 0 Å². The number of nitrogens with one attached hydrogen (secondary N) is 2. The molecule has 0 unspecified atom stereocenters. The zero-order valence-corrected chi connectivity index (χ0v) is 16.2. The van der Waals surface area contributed by atoms with Crippen molar-refractivity contribution in [1.82, 2.24) is 4.98 Å². The summed E-state index contributed by atoms with van der Waals surface area (Å²) in [6.07, 6.45) is 1.47. The number of rotatable bonds is 5. The molecule has 4 rings (SSSR count). The normalized spacial score (nSPS) is 12.6. The number of sulfonamides is 1. The van der Waals surface area contributed by atoms with Gasteiger partial charge < -0.3 is 14.8 Å². The Bertz CT molecular complexity index is 1130. The summed E-state index contributed by atoms with van der Waals surface area (Å²) < 4.78 is 38.5. The summed E-state index contributed by atoms with van der Waals surface area (Å²) in [5.74, 6) is 1.95. The van der Waals surface area contributed by atoms with Crippen LogP contribution in [-0.4, -0.2) is 20.2 Å². The van der Waals surface area contributed by atoms with Crippen LogP contribution in [0.3, 0.4) is 0 Å². The van der Waals surface area contributed by atoms with E-state index in [4.69, 9.17) is 9.47 Å². The predicted octanol–water partition coefficient (Wildman–Crippen LogP) is 3.97. The number of hydrogen-bond donors (Lipinski definition) is 2. The van der Waals surface area contributed by atoms with Crippen molar-refractivity contribution in [3.8, 4) is 11.5 Å². The van der Waals surface area contributed by atoms with Crippen LogP contribution in [0.2, 0.25) is 0 Å². The summed E-state index contributed by atoms with van der Waals surface area (Å²) in [4.78, 5) is 4.52. The third kappa shape index (κ3) is 3.72. The molecule has 0 bridgehead atoms. The van der Waals surface area contributed by atoms with E-state index in [-0.39, 0.29) is 11.7 Å². The molecule has 0 saturated carbocycles. The van der Waals surface area contributed by atoms with Gasteiger partial charge in [-0.15, -0.1) is 0 Å². The molecule has 1 aliphatic heterocycles. The molecule has 0 amide bonds. The molecule has 0 saturated heterocycles. The van der Waals surface area contributed by atoms with Crippen LogP contribution >= 0.6 is 0 Å². The Labute approximate surface area is 163 Å². The Kier molecular flexibility index (Phi) is 4.56. The third-order valence-electron chi connectivity index (χ3n) is 4.28. The molecule has 0 spiro atoms. The number of ether oxygens (including phenoxy) is 2. The minimum absolute atomic E-state index is 0.215. The summed E-state index contributed by atoms with van der Waals surface area (Å²) in [5.41, 5.74) is 2.88. The number of anilines is 3. The molecule has 8 heteroatoms. The lowest BCUT2D eigenvalue weighted by Crippen LogP contribution is -2.14. The Morgan fingerprint density at radius 3 is 2.46 bits per heavy atom. The number of pyridine rings is 1. The highest BCUT2D eigenvalue weighted by Gasteiger charge is 2.17. The lowest BCUT2D eigenvalue weighted by Gasteiger charge is -2.11. The highest BCUT2D eigenvalue weighted by atomic mass is 32.2. The molecule has 3 aromatic rings. The minimum Gasteiger partial charge on any atom is -0.454 e. The molecule has 2 aromatic carbocycles. The molecule has 144 valence electrons. The summed E-state index contributed by atoms with van der Waals surface area (Å²) in [7, 11) is -3.68. The van der Waals surface area contributed by atoms with Gasteiger partial charge in [0.25, 0.3) is 10.0 Å². The van der Waals surface area contributed by atoms with Gasteiger partial charge in [-0.3, -0.25) is 4.72 Å². The topological polar surface area (TPSA) is 89.6 Å². The van der Waals surface area contributed by atoms with Gasteiger partial charge in [-0.1, -0.05) is 17.7 Å². The summed E-state index contributed by atoms with van der Waals surface area (Å²) >= 11 is 0. The highest BCUT2D eigenvalue weighted by molar-refractivity contribution is 7.92. The fourth-order valence-electron chi connectivity index (χ4n) is 2.96. The smallest absolute Gasteiger partial charge is 0.262 e. The van der Waals surface area contributed by atoms with Gasteiger partial charge >= 0.3 is 0 Å². The van der Waals surface area contributed by atoms with Crippen LogP contribution < -0.4 is 19.5 Å². The lowest BCUT2D eigenvalue weighted by molar-refractivity contribution is 0.174. The van der Waals surface area contributed by atoms with E-state index in [1.165, 1.54) is 6.20 Å². The van der Waals surface area contributed by atoms with Gasteiger partial charge in [0.15, 0.2) is 11.5 Å². The van der Waals surface area contributed by atoms with E-state index in [0.717, 1.165) is 11.3 Å². The first-order valence-corrected chi connectivity index (χ1v) is 10.1. The number of nitrogens with zero attached hydrogens (tertiary/aromatic N) is 1. The minimum atomic E-state index is -3.68. The maximum absolute atomic E-state index is 12.6. The van der Waals surface area contributed by atoms with Gasteiger partial charge in [-0.05, 0) is 49.7 Å². The van der Waals surface area contributed by atoms with Crippen LogP contribution in [-0.2, 0) is 10.0 Å². The largest absolute Gasteiger partial charge is 0.454 e. The van der Waals surface area contributed by atoms with Crippen LogP contribution in [0.25, 0.3) is 0 Å². The van der Waals surface area contributed by atoms with Gasteiger partial charge in [0.2, 0.25) is 6.79 Å². The lowest BCUT2D eigenvalue weighted by atomic mass is 10.2. The second-order valence-electron chi connectivity index (χ2n) is 6.50. The highest BCUT2D eigenvalue weighted by Crippen LogP contribution is 2.35. The van der Waals surface area contributed by atoms with E-state index in [1.807, 2.05) is 31.2 Å². The van der Waals surface area contributed by atoms with Crippen LogP contribution in [0, 0.1) is 13.8 Å². The Morgan fingerprint density at radius 1 is 0.929 bits per heavy atom. The first kappa shape index (κ1) is 18.1. The van der Waals surface area contributed by atoms with Crippen molar-refractivity contribution < 1.29 is 17.9 Å². The van der Waals surface area contributed by atoms with E-state index >= 15 is 0 Å². The van der Waals surface area contributed by atoms with Gasteiger partial charge in [-0.2, -0.15) is 0 Å². The molecule has 7 nitrogen and oxygen atoms in total. The fourth-order valence-corrected chi connectivity index (χ4v) is 4.23. The van der Waals surface area contributed by atoms with Gasteiger partial charge in [0, 0.05) is 11.8 Å². The van der Waals surface area contributed by atoms with Crippen molar-refractivity contribution in [2.45, 2.75) is 18.7 Å². The van der Waals surface area contributed by atoms with Gasteiger partial charge in [0.05, 0.1) is 16.8 Å². The third-order valence-corrected chi connectivity index (χ3v) is 5.82. The summed E-state index contributed by atoms with van der Waals surface area (Å²) in [6.45, 7) is 3.91. The second-order valence-corrected chi connectivity index (χ2v) is 8.15. The van der Waals surface area contributed by atoms with E-state index in [2.05, 4.69) is 15.0 Å². The van der Waals surface area contributed by atoms with Crippen molar-refractivity contribution in [3.63, 3.8) is 0 Å². The second kappa shape index (κ2) is 7.05. The molecular formula is C20H19N3O4S. The van der Waals surface area contributed by atoms with Crippen LogP contribution in [0.1, 0.15) is 11.1 Å². The molecular weight excluding hydrogens is 378 g/mol. The summed E-state index contributed by atoms with van der Waals surface area (Å²) in [5, 5.41) is 3.15. The number of aromatic nitrogens is 1. The van der Waals surface area contributed by atoms with E-state index in [1.54, 1.807) is 31.2 Å². The SMILES string of the molecule is Cc1ccc(S(=O)(=O)Nc2ccc(Nc3ccc4c(c3)OCO4)nc2)c(C)c1. The molecule has 0 radical (unpaired) electrons. The molecule has 0 atom stereocenters. The molecule has 2 N–H and O–H groups in total. The van der Waals surface area contributed by atoms with Crippen molar-refractivity contribution in [2.75, 3.05) is 16.8 Å². The molecule has 2 heterocycles. The monoisotopic (exact) mass is 397 g/mol. The summed E-state index contributed by atoms with van der Waals surface area (Å²) in [6, 6.07) is 14.1. The molecule has 1 aromatic heterocycles. The Hall–Kier alpha value is -3.26. The molecule has 1 aliphatic rings. The van der Waals surface area contributed by atoms with E-state index in [9.17, 15) is 8.42 Å². The predicted molar refractivity (Wildman–Crippen MR) is 107 cm³/mol. The average molecular weight is 397 g/mol. The quantitative estimate of drug-likeness (QED) is 0.677. The van der Waals surface area contributed by atoms with E-state index < -0.39 is 10.0 Å². The van der Waals surface area contributed by atoms with Gasteiger partial charge in [0.1, 0.15) is 5.82 Å². The maximum atomic E-state index is 12.6. The number of hydrogen-bond acceptors (Lipinski definition) is 6. The Morgan fingerprint density at radius 2 is 1.71 bits per heavy atom. The molecule has 0 fully saturated rings. The Balaban J connectivity index is 1.48. The number of benzene rings is 2. The zero-order chi connectivity index (χ0) is 19.7. The zero-order valence-electron chi connectivity index (χ0n) is 15.4. The van der Waals surface area contributed by atoms with Crippen molar-refractivity contribution >= 4 is 27.2 Å². The number of aryl methyl sites for hydroxylation is 2. The maximum Gasteiger partial charge on any atom is 0.262 e. The van der Waals surface area contributed by atoms with Crippen LogP contribution in [0.5, 0.6) is 11.5 Å². The molecule has 0 aliphatic carbocycles. The fraction of sp³-hybridized carbons (Fsp3) is 0.150. The van der Waals surface area contributed by atoms with E-state index in [0.29, 0.717) is 28.6 Å². The van der Waals surface area contributed by atoms with Crippen molar-refractivity contribution in [3.05, 3.63) is 65.9 Å². The first-order chi connectivity index (χ1) is 13.4. The van der Waals surface area contributed by atoms with Crippen molar-refractivity contribution in [2.24, 2.45) is 0 Å².